The normalized spacial score (nSPS) is 20.2. The summed E-state index contributed by atoms with van der Waals surface area (Å²) in [5, 5.41) is 0. The zero-order valence-corrected chi connectivity index (χ0v) is 11.8. The summed E-state index contributed by atoms with van der Waals surface area (Å²) in [6.45, 7) is 0. The molecule has 0 spiro atoms. The highest BCUT2D eigenvalue weighted by molar-refractivity contribution is 9.12. The molecular weight excluding hydrogens is 326 g/mol. The lowest BCUT2D eigenvalue weighted by atomic mass is 9.94. The molecule has 1 atom stereocenters. The molecule has 4 heteroatoms. The van der Waals surface area contributed by atoms with Crippen molar-refractivity contribution in [1.29, 1.82) is 0 Å². The van der Waals surface area contributed by atoms with Gasteiger partial charge in [0.15, 0.2) is 0 Å². The summed E-state index contributed by atoms with van der Waals surface area (Å²) in [7, 11) is 0. The van der Waals surface area contributed by atoms with Crippen LogP contribution in [0.15, 0.2) is 13.6 Å². The zero-order chi connectivity index (χ0) is 10.1. The first kappa shape index (κ1) is 11.1. The Hall–Kier alpha value is 0.620. The SMILES string of the molecule is NC(c1cc(Br)sc1Br)C1CCCC1. The highest BCUT2D eigenvalue weighted by Gasteiger charge is 2.25. The molecule has 0 amide bonds. The summed E-state index contributed by atoms with van der Waals surface area (Å²) >= 11 is 8.78. The number of hydrogen-bond donors (Lipinski definition) is 1. The smallest absolute Gasteiger partial charge is 0.0758 e. The summed E-state index contributed by atoms with van der Waals surface area (Å²) < 4.78 is 2.34. The second-order valence-corrected chi connectivity index (χ2v) is 7.60. The number of nitrogens with two attached hydrogens (primary N) is 1. The van der Waals surface area contributed by atoms with Crippen LogP contribution in [0.4, 0.5) is 0 Å². The Bertz CT molecular complexity index is 318. The van der Waals surface area contributed by atoms with Crippen LogP contribution in [0.3, 0.4) is 0 Å². The molecule has 0 radical (unpaired) electrons. The van der Waals surface area contributed by atoms with Crippen molar-refractivity contribution in [2.75, 3.05) is 0 Å². The topological polar surface area (TPSA) is 26.0 Å². The van der Waals surface area contributed by atoms with Crippen LogP contribution in [-0.4, -0.2) is 0 Å². The molecule has 1 aliphatic rings. The number of rotatable bonds is 2. The predicted octanol–water partition coefficient (Wildman–Crippen LogP) is 4.46. The van der Waals surface area contributed by atoms with E-state index in [1.807, 2.05) is 0 Å². The molecule has 2 rings (SSSR count). The van der Waals surface area contributed by atoms with Crippen LogP contribution in [0.1, 0.15) is 37.3 Å². The molecule has 0 aromatic carbocycles. The maximum atomic E-state index is 6.27. The molecule has 1 saturated carbocycles. The first-order chi connectivity index (χ1) is 6.68. The van der Waals surface area contributed by atoms with Crippen molar-refractivity contribution in [1.82, 2.24) is 0 Å². The van der Waals surface area contributed by atoms with Gasteiger partial charge in [-0.2, -0.15) is 0 Å². The van der Waals surface area contributed by atoms with E-state index in [2.05, 4.69) is 37.9 Å². The predicted molar refractivity (Wildman–Crippen MR) is 68.6 cm³/mol. The summed E-state index contributed by atoms with van der Waals surface area (Å²) in [5.41, 5.74) is 7.54. The molecular formula is C10H13Br2NS. The Morgan fingerprint density at radius 2 is 2.00 bits per heavy atom. The second kappa shape index (κ2) is 4.64. The van der Waals surface area contributed by atoms with E-state index in [1.54, 1.807) is 11.3 Å². The van der Waals surface area contributed by atoms with Gasteiger partial charge in [0.1, 0.15) is 0 Å². The molecule has 78 valence electrons. The van der Waals surface area contributed by atoms with Crippen molar-refractivity contribution >= 4 is 43.2 Å². The van der Waals surface area contributed by atoms with Crippen LogP contribution in [0, 0.1) is 5.92 Å². The molecule has 0 aliphatic heterocycles. The van der Waals surface area contributed by atoms with Gasteiger partial charge in [-0.3, -0.25) is 0 Å². The minimum Gasteiger partial charge on any atom is -0.324 e. The monoisotopic (exact) mass is 337 g/mol. The highest BCUT2D eigenvalue weighted by Crippen LogP contribution is 2.41. The Kier molecular flexibility index (Phi) is 3.68. The Morgan fingerprint density at radius 1 is 1.36 bits per heavy atom. The molecule has 1 aromatic heterocycles. The van der Waals surface area contributed by atoms with Gasteiger partial charge in [0.05, 0.1) is 7.57 Å². The molecule has 1 aromatic rings. The van der Waals surface area contributed by atoms with E-state index in [4.69, 9.17) is 5.73 Å². The average Bonchev–Trinajstić information content (AvgIpc) is 2.73. The molecule has 1 heterocycles. The number of halogens is 2. The van der Waals surface area contributed by atoms with Crippen LogP contribution in [0.25, 0.3) is 0 Å². The maximum Gasteiger partial charge on any atom is 0.0758 e. The highest BCUT2D eigenvalue weighted by atomic mass is 79.9. The number of hydrogen-bond acceptors (Lipinski definition) is 2. The summed E-state index contributed by atoms with van der Waals surface area (Å²) in [6.07, 6.45) is 5.28. The minimum absolute atomic E-state index is 0.217. The lowest BCUT2D eigenvalue weighted by Gasteiger charge is -2.18. The molecule has 14 heavy (non-hydrogen) atoms. The van der Waals surface area contributed by atoms with Gasteiger partial charge in [0.2, 0.25) is 0 Å². The Morgan fingerprint density at radius 3 is 2.50 bits per heavy atom. The van der Waals surface area contributed by atoms with Gasteiger partial charge in [-0.25, -0.2) is 0 Å². The van der Waals surface area contributed by atoms with Gasteiger partial charge in [0.25, 0.3) is 0 Å². The second-order valence-electron chi connectivity index (χ2n) is 3.85. The van der Waals surface area contributed by atoms with E-state index in [0.717, 1.165) is 3.79 Å². The summed E-state index contributed by atoms with van der Waals surface area (Å²) in [5.74, 6) is 0.688. The number of thiophene rings is 1. The van der Waals surface area contributed by atoms with E-state index in [-0.39, 0.29) is 6.04 Å². The molecule has 0 bridgehead atoms. The van der Waals surface area contributed by atoms with Gasteiger partial charge in [-0.15, -0.1) is 11.3 Å². The van der Waals surface area contributed by atoms with Gasteiger partial charge in [-0.1, -0.05) is 12.8 Å². The van der Waals surface area contributed by atoms with Crippen LogP contribution in [0.2, 0.25) is 0 Å². The van der Waals surface area contributed by atoms with Crippen molar-refractivity contribution in [3.8, 4) is 0 Å². The van der Waals surface area contributed by atoms with Crippen molar-refractivity contribution in [3.05, 3.63) is 19.2 Å². The Labute approximate surface area is 105 Å². The lowest BCUT2D eigenvalue weighted by Crippen LogP contribution is -2.18. The largest absolute Gasteiger partial charge is 0.324 e. The standard InChI is InChI=1S/C10H13Br2NS/c11-8-5-7(10(12)14-8)9(13)6-3-1-2-4-6/h5-6,9H,1-4,13H2. The molecule has 2 N–H and O–H groups in total. The van der Waals surface area contributed by atoms with Crippen molar-refractivity contribution in [3.63, 3.8) is 0 Å². The van der Waals surface area contributed by atoms with E-state index in [0.29, 0.717) is 5.92 Å². The van der Waals surface area contributed by atoms with Crippen molar-refractivity contribution < 1.29 is 0 Å². The zero-order valence-electron chi connectivity index (χ0n) is 7.80. The first-order valence-electron chi connectivity index (χ1n) is 4.89. The fraction of sp³-hybridized carbons (Fsp3) is 0.600. The van der Waals surface area contributed by atoms with Gasteiger partial charge in [0, 0.05) is 6.04 Å². The van der Waals surface area contributed by atoms with E-state index in [1.165, 1.54) is 35.0 Å². The average molecular weight is 339 g/mol. The fourth-order valence-electron chi connectivity index (χ4n) is 2.15. The first-order valence-corrected chi connectivity index (χ1v) is 7.29. The van der Waals surface area contributed by atoms with Crippen LogP contribution < -0.4 is 5.73 Å². The molecule has 1 aliphatic carbocycles. The van der Waals surface area contributed by atoms with E-state index in [9.17, 15) is 0 Å². The quantitative estimate of drug-likeness (QED) is 0.846. The third-order valence-electron chi connectivity index (χ3n) is 2.95. The minimum atomic E-state index is 0.217. The Balaban J connectivity index is 2.17. The summed E-state index contributed by atoms with van der Waals surface area (Å²) in [6, 6.07) is 2.37. The van der Waals surface area contributed by atoms with Gasteiger partial charge < -0.3 is 5.73 Å². The van der Waals surface area contributed by atoms with Crippen molar-refractivity contribution in [2.24, 2.45) is 11.7 Å². The molecule has 0 saturated heterocycles. The molecule has 1 fully saturated rings. The van der Waals surface area contributed by atoms with E-state index < -0.39 is 0 Å². The fourth-order valence-corrected chi connectivity index (χ4v) is 5.11. The third-order valence-corrected chi connectivity index (χ3v) is 5.34. The van der Waals surface area contributed by atoms with Crippen molar-refractivity contribution in [2.45, 2.75) is 31.7 Å². The van der Waals surface area contributed by atoms with Gasteiger partial charge in [-0.05, 0) is 62.2 Å². The maximum absolute atomic E-state index is 6.27. The third kappa shape index (κ3) is 2.23. The lowest BCUT2D eigenvalue weighted by molar-refractivity contribution is 0.445. The van der Waals surface area contributed by atoms with Crippen LogP contribution in [0.5, 0.6) is 0 Å². The van der Waals surface area contributed by atoms with Crippen LogP contribution >= 0.6 is 43.2 Å². The molecule has 1 unspecified atom stereocenters. The molecule has 1 nitrogen and oxygen atoms in total. The van der Waals surface area contributed by atoms with Gasteiger partial charge >= 0.3 is 0 Å². The van der Waals surface area contributed by atoms with Crippen LogP contribution in [-0.2, 0) is 0 Å². The van der Waals surface area contributed by atoms with E-state index >= 15 is 0 Å². The summed E-state index contributed by atoms with van der Waals surface area (Å²) in [4.78, 5) is 0.